The molecule has 0 saturated carbocycles. The van der Waals surface area contributed by atoms with Gasteiger partial charge in [0.25, 0.3) is 0 Å². The van der Waals surface area contributed by atoms with Crippen LogP contribution in [0.15, 0.2) is 0 Å². The van der Waals surface area contributed by atoms with Gasteiger partial charge in [0, 0.05) is 6.54 Å². The molecule has 11 heavy (non-hydrogen) atoms. The Balaban J connectivity index is 2.50. The molecule has 4 nitrogen and oxygen atoms in total. The lowest BCUT2D eigenvalue weighted by atomic mass is 9.98. The van der Waals surface area contributed by atoms with Gasteiger partial charge in [0.15, 0.2) is 0 Å². The van der Waals surface area contributed by atoms with E-state index >= 15 is 0 Å². The van der Waals surface area contributed by atoms with Gasteiger partial charge in [0.2, 0.25) is 0 Å². The Hall–Kier alpha value is -0.770. The van der Waals surface area contributed by atoms with Crippen molar-refractivity contribution in [1.29, 1.82) is 0 Å². The molecule has 2 unspecified atom stereocenters. The molecule has 0 aromatic carbocycles. The summed E-state index contributed by atoms with van der Waals surface area (Å²) in [5, 5.41) is 17.8. The van der Waals surface area contributed by atoms with Crippen molar-refractivity contribution in [2.24, 2.45) is 5.92 Å². The van der Waals surface area contributed by atoms with Crippen LogP contribution in [0.25, 0.3) is 0 Å². The molecule has 0 bridgehead atoms. The zero-order valence-corrected chi connectivity index (χ0v) is 6.53. The molecule has 2 atom stereocenters. The molecule has 1 heterocycles. The van der Waals surface area contributed by atoms with Crippen molar-refractivity contribution in [3.63, 3.8) is 0 Å². The number of carbonyl (C=O) groups is 1. The second-order valence-corrected chi connectivity index (χ2v) is 3.09. The molecular formula is C7H13NO3. The van der Waals surface area contributed by atoms with Gasteiger partial charge in [-0.25, -0.2) is 4.79 Å². The topological polar surface area (TPSA) is 60.8 Å². The Bertz CT molecular complexity index is 160. The molecule has 1 saturated heterocycles. The molecule has 1 amide bonds. The summed E-state index contributed by atoms with van der Waals surface area (Å²) < 4.78 is 0. The average molecular weight is 159 g/mol. The lowest BCUT2D eigenvalue weighted by molar-refractivity contribution is -0.0258. The number of piperidine rings is 1. The summed E-state index contributed by atoms with van der Waals surface area (Å²) >= 11 is 0. The maximum Gasteiger partial charge on any atom is 0.409 e. The fourth-order valence-electron chi connectivity index (χ4n) is 1.34. The molecule has 1 aliphatic heterocycles. The molecule has 0 spiro atoms. The number of aliphatic hydroxyl groups excluding tert-OH is 1. The van der Waals surface area contributed by atoms with Gasteiger partial charge in [0.1, 0.15) is 6.23 Å². The fraction of sp³-hybridized carbons (Fsp3) is 0.857. The van der Waals surface area contributed by atoms with Crippen LogP contribution in [0.1, 0.15) is 19.8 Å². The van der Waals surface area contributed by atoms with E-state index in [9.17, 15) is 9.90 Å². The summed E-state index contributed by atoms with van der Waals surface area (Å²) in [4.78, 5) is 11.5. The molecule has 0 aromatic heterocycles. The van der Waals surface area contributed by atoms with Gasteiger partial charge in [-0.15, -0.1) is 0 Å². The largest absolute Gasteiger partial charge is 0.465 e. The lowest BCUT2D eigenvalue weighted by Crippen LogP contribution is -2.44. The van der Waals surface area contributed by atoms with Crippen molar-refractivity contribution < 1.29 is 15.0 Å². The molecular weight excluding hydrogens is 146 g/mol. The summed E-state index contributed by atoms with van der Waals surface area (Å²) in [6.07, 6.45) is -0.406. The summed E-state index contributed by atoms with van der Waals surface area (Å²) in [7, 11) is 0. The number of nitrogens with zero attached hydrogens (tertiary/aromatic N) is 1. The van der Waals surface area contributed by atoms with Crippen LogP contribution in [-0.4, -0.2) is 34.0 Å². The Labute approximate surface area is 65.4 Å². The van der Waals surface area contributed by atoms with E-state index in [0.717, 1.165) is 11.3 Å². The van der Waals surface area contributed by atoms with Crippen LogP contribution < -0.4 is 0 Å². The number of aliphatic hydroxyl groups is 1. The predicted molar refractivity (Wildman–Crippen MR) is 39.1 cm³/mol. The molecule has 1 fully saturated rings. The lowest BCUT2D eigenvalue weighted by Gasteiger charge is -2.32. The van der Waals surface area contributed by atoms with Crippen LogP contribution in [-0.2, 0) is 0 Å². The van der Waals surface area contributed by atoms with Crippen molar-refractivity contribution in [3.8, 4) is 0 Å². The summed E-state index contributed by atoms with van der Waals surface area (Å²) in [5.74, 6) is 0.431. The molecule has 0 aliphatic carbocycles. The third-order valence-electron chi connectivity index (χ3n) is 2.08. The molecule has 2 N–H and O–H groups in total. The van der Waals surface area contributed by atoms with E-state index < -0.39 is 12.3 Å². The first-order chi connectivity index (χ1) is 5.11. The summed E-state index contributed by atoms with van der Waals surface area (Å²) in [6, 6.07) is 0. The molecule has 64 valence electrons. The maximum absolute atomic E-state index is 10.4. The maximum atomic E-state index is 10.4. The van der Waals surface area contributed by atoms with Crippen LogP contribution in [0.3, 0.4) is 0 Å². The van der Waals surface area contributed by atoms with Crippen molar-refractivity contribution in [1.82, 2.24) is 4.90 Å². The summed E-state index contributed by atoms with van der Waals surface area (Å²) in [6.45, 7) is 2.47. The van der Waals surface area contributed by atoms with Crippen LogP contribution >= 0.6 is 0 Å². The number of rotatable bonds is 0. The van der Waals surface area contributed by atoms with Gasteiger partial charge < -0.3 is 10.2 Å². The highest BCUT2D eigenvalue weighted by Gasteiger charge is 2.27. The van der Waals surface area contributed by atoms with Gasteiger partial charge in [-0.3, -0.25) is 4.90 Å². The number of hydrogen-bond acceptors (Lipinski definition) is 2. The van der Waals surface area contributed by atoms with Gasteiger partial charge >= 0.3 is 6.09 Å². The minimum absolute atomic E-state index is 0.431. The van der Waals surface area contributed by atoms with Crippen molar-refractivity contribution in [2.75, 3.05) is 6.54 Å². The highest BCUT2D eigenvalue weighted by atomic mass is 16.4. The Morgan fingerprint density at radius 2 is 2.27 bits per heavy atom. The first kappa shape index (κ1) is 8.33. The number of carboxylic acid groups (broad SMARTS) is 1. The SMILES string of the molecule is CC1CCN(C(=O)O)C(O)C1. The third-order valence-corrected chi connectivity index (χ3v) is 2.08. The number of hydrogen-bond donors (Lipinski definition) is 2. The first-order valence-electron chi connectivity index (χ1n) is 3.79. The summed E-state index contributed by atoms with van der Waals surface area (Å²) in [5.41, 5.74) is 0. The van der Waals surface area contributed by atoms with Gasteiger partial charge in [-0.05, 0) is 18.8 Å². The molecule has 0 aromatic rings. The first-order valence-corrected chi connectivity index (χ1v) is 3.79. The van der Waals surface area contributed by atoms with Crippen molar-refractivity contribution in [3.05, 3.63) is 0 Å². The molecule has 0 radical (unpaired) electrons. The van der Waals surface area contributed by atoms with E-state index in [0.29, 0.717) is 18.9 Å². The Kier molecular flexibility index (Phi) is 2.34. The van der Waals surface area contributed by atoms with E-state index in [1.165, 1.54) is 0 Å². The van der Waals surface area contributed by atoms with Gasteiger partial charge in [-0.1, -0.05) is 6.92 Å². The molecule has 1 rings (SSSR count). The second-order valence-electron chi connectivity index (χ2n) is 3.09. The average Bonchev–Trinajstić information content (AvgIpc) is 1.85. The van der Waals surface area contributed by atoms with E-state index in [1.807, 2.05) is 6.92 Å². The van der Waals surface area contributed by atoms with Gasteiger partial charge in [0.05, 0.1) is 0 Å². The van der Waals surface area contributed by atoms with Crippen LogP contribution in [0, 0.1) is 5.92 Å². The quantitative estimate of drug-likeness (QED) is 0.547. The van der Waals surface area contributed by atoms with Gasteiger partial charge in [-0.2, -0.15) is 0 Å². The Morgan fingerprint density at radius 1 is 1.64 bits per heavy atom. The molecule has 4 heteroatoms. The monoisotopic (exact) mass is 159 g/mol. The fourth-order valence-corrected chi connectivity index (χ4v) is 1.34. The zero-order chi connectivity index (χ0) is 8.43. The van der Waals surface area contributed by atoms with E-state index in [2.05, 4.69) is 0 Å². The third kappa shape index (κ3) is 1.83. The second kappa shape index (κ2) is 3.09. The number of likely N-dealkylation sites (tertiary alicyclic amines) is 1. The van der Waals surface area contributed by atoms with Crippen LogP contribution in [0.5, 0.6) is 0 Å². The normalized spacial score (nSPS) is 32.0. The van der Waals surface area contributed by atoms with E-state index in [1.54, 1.807) is 0 Å². The highest BCUT2D eigenvalue weighted by molar-refractivity contribution is 5.65. The highest BCUT2D eigenvalue weighted by Crippen LogP contribution is 2.20. The standard InChI is InChI=1S/C7H13NO3/c1-5-2-3-8(7(10)11)6(9)4-5/h5-6,9H,2-4H2,1H3,(H,10,11). The molecule has 1 aliphatic rings. The zero-order valence-electron chi connectivity index (χ0n) is 6.53. The minimum atomic E-state index is -1.02. The predicted octanol–water partition coefficient (Wildman–Crippen LogP) is 0.715. The van der Waals surface area contributed by atoms with Crippen molar-refractivity contribution >= 4 is 6.09 Å². The van der Waals surface area contributed by atoms with E-state index in [-0.39, 0.29) is 0 Å². The minimum Gasteiger partial charge on any atom is -0.465 e. The number of amides is 1. The van der Waals surface area contributed by atoms with Crippen molar-refractivity contribution in [2.45, 2.75) is 26.0 Å². The smallest absolute Gasteiger partial charge is 0.409 e. The van der Waals surface area contributed by atoms with E-state index in [4.69, 9.17) is 5.11 Å². The van der Waals surface area contributed by atoms with Crippen LogP contribution in [0.2, 0.25) is 0 Å². The van der Waals surface area contributed by atoms with Crippen LogP contribution in [0.4, 0.5) is 4.79 Å². The Morgan fingerprint density at radius 3 is 2.73 bits per heavy atom.